The lowest BCUT2D eigenvalue weighted by Gasteiger charge is -2.11. The van der Waals surface area contributed by atoms with E-state index in [1.54, 1.807) is 20.4 Å². The molecule has 2 aromatic heterocycles. The number of rotatable bonds is 6. The van der Waals surface area contributed by atoms with Crippen molar-refractivity contribution in [2.45, 2.75) is 0 Å². The number of aromatic nitrogens is 3. The largest absolute Gasteiger partial charge is 0.497 e. The molecule has 0 saturated heterocycles. The van der Waals surface area contributed by atoms with E-state index in [1.165, 1.54) is 0 Å². The summed E-state index contributed by atoms with van der Waals surface area (Å²) in [6.07, 6.45) is 1.72. The summed E-state index contributed by atoms with van der Waals surface area (Å²) in [5.41, 5.74) is 2.42. The molecule has 6 nitrogen and oxygen atoms in total. The van der Waals surface area contributed by atoms with E-state index in [-0.39, 0.29) is 0 Å². The highest BCUT2D eigenvalue weighted by Crippen LogP contribution is 2.32. The van der Waals surface area contributed by atoms with Crippen LogP contribution in [-0.4, -0.2) is 42.4 Å². The van der Waals surface area contributed by atoms with Gasteiger partial charge in [0.15, 0.2) is 5.65 Å². The molecule has 1 aromatic carbocycles. The number of H-pyrrole nitrogens is 1. The van der Waals surface area contributed by atoms with Gasteiger partial charge >= 0.3 is 0 Å². The molecule has 114 valence electrons. The standard InChI is InChI=1S/C16H17N3O3/c1-20-8-9-22-14-10-11(21-2)5-6-12(14)15-18-13-4-3-7-17-16(13)19-15/h3-7,10H,8-9H2,1-2H3,(H,17,18,19). The molecule has 22 heavy (non-hydrogen) atoms. The molecule has 0 amide bonds. The highest BCUT2D eigenvalue weighted by atomic mass is 16.5. The van der Waals surface area contributed by atoms with Crippen molar-refractivity contribution in [1.29, 1.82) is 0 Å². The predicted octanol–water partition coefficient (Wildman–Crippen LogP) is 2.66. The first kappa shape index (κ1) is 14.3. The number of fused-ring (bicyclic) bond motifs is 1. The predicted molar refractivity (Wildman–Crippen MR) is 83.2 cm³/mol. The Morgan fingerprint density at radius 3 is 2.82 bits per heavy atom. The van der Waals surface area contributed by atoms with Crippen LogP contribution in [-0.2, 0) is 4.74 Å². The Morgan fingerprint density at radius 2 is 2.05 bits per heavy atom. The second-order valence-electron chi connectivity index (χ2n) is 4.66. The van der Waals surface area contributed by atoms with E-state index >= 15 is 0 Å². The van der Waals surface area contributed by atoms with Crippen LogP contribution in [0.25, 0.3) is 22.6 Å². The fourth-order valence-electron chi connectivity index (χ4n) is 2.15. The molecule has 0 unspecified atom stereocenters. The number of imidazole rings is 1. The van der Waals surface area contributed by atoms with Crippen molar-refractivity contribution in [3.05, 3.63) is 36.5 Å². The summed E-state index contributed by atoms with van der Waals surface area (Å²) in [7, 11) is 3.26. The number of pyridine rings is 1. The maximum absolute atomic E-state index is 5.79. The van der Waals surface area contributed by atoms with E-state index < -0.39 is 0 Å². The molecular weight excluding hydrogens is 282 g/mol. The van der Waals surface area contributed by atoms with Crippen LogP contribution < -0.4 is 9.47 Å². The second-order valence-corrected chi connectivity index (χ2v) is 4.66. The Kier molecular flexibility index (Phi) is 4.20. The highest BCUT2D eigenvalue weighted by molar-refractivity contribution is 5.77. The Labute approximate surface area is 128 Å². The van der Waals surface area contributed by atoms with Gasteiger partial charge in [0.1, 0.15) is 23.9 Å². The molecule has 0 aliphatic heterocycles. The second kappa shape index (κ2) is 6.44. The van der Waals surface area contributed by atoms with Crippen LogP contribution in [0.4, 0.5) is 0 Å². The van der Waals surface area contributed by atoms with Crippen molar-refractivity contribution in [2.24, 2.45) is 0 Å². The van der Waals surface area contributed by atoms with Crippen molar-refractivity contribution < 1.29 is 14.2 Å². The molecule has 3 rings (SSSR count). The third-order valence-corrected chi connectivity index (χ3v) is 3.25. The molecule has 0 spiro atoms. The maximum atomic E-state index is 5.79. The summed E-state index contributed by atoms with van der Waals surface area (Å²) in [5.74, 6) is 2.13. The molecule has 6 heteroatoms. The van der Waals surface area contributed by atoms with Crippen LogP contribution in [0, 0.1) is 0 Å². The zero-order chi connectivity index (χ0) is 15.4. The Hall–Kier alpha value is -2.60. The topological polar surface area (TPSA) is 69.3 Å². The molecular formula is C16H17N3O3. The van der Waals surface area contributed by atoms with Crippen LogP contribution in [0.2, 0.25) is 0 Å². The quantitative estimate of drug-likeness (QED) is 0.709. The first-order chi connectivity index (χ1) is 10.8. The third-order valence-electron chi connectivity index (χ3n) is 3.25. The van der Waals surface area contributed by atoms with Crippen molar-refractivity contribution in [1.82, 2.24) is 15.0 Å². The number of hydrogen-bond donors (Lipinski definition) is 1. The Balaban J connectivity index is 2.00. The van der Waals surface area contributed by atoms with Gasteiger partial charge in [0.05, 0.1) is 24.8 Å². The lowest BCUT2D eigenvalue weighted by atomic mass is 10.2. The number of benzene rings is 1. The number of aromatic amines is 1. The lowest BCUT2D eigenvalue weighted by Crippen LogP contribution is -2.05. The third kappa shape index (κ3) is 2.87. The average molecular weight is 299 g/mol. The van der Waals surface area contributed by atoms with Crippen LogP contribution >= 0.6 is 0 Å². The van der Waals surface area contributed by atoms with E-state index in [2.05, 4.69) is 15.0 Å². The van der Waals surface area contributed by atoms with Gasteiger partial charge in [-0.25, -0.2) is 9.97 Å². The van der Waals surface area contributed by atoms with Crippen molar-refractivity contribution in [3.8, 4) is 22.9 Å². The lowest BCUT2D eigenvalue weighted by molar-refractivity contribution is 0.146. The SMILES string of the molecule is COCCOc1cc(OC)ccc1-c1nc2ncccc2[nH]1. The van der Waals surface area contributed by atoms with E-state index in [9.17, 15) is 0 Å². The maximum Gasteiger partial charge on any atom is 0.178 e. The van der Waals surface area contributed by atoms with Gasteiger partial charge in [0.2, 0.25) is 0 Å². The molecule has 0 radical (unpaired) electrons. The number of hydrogen-bond acceptors (Lipinski definition) is 5. The summed E-state index contributed by atoms with van der Waals surface area (Å²) < 4.78 is 16.1. The molecule has 3 aromatic rings. The fraction of sp³-hybridized carbons (Fsp3) is 0.250. The number of nitrogens with one attached hydrogen (secondary N) is 1. The smallest absolute Gasteiger partial charge is 0.178 e. The fourth-order valence-corrected chi connectivity index (χ4v) is 2.15. The van der Waals surface area contributed by atoms with Crippen molar-refractivity contribution in [3.63, 3.8) is 0 Å². The molecule has 0 atom stereocenters. The van der Waals surface area contributed by atoms with Gasteiger partial charge < -0.3 is 19.2 Å². The van der Waals surface area contributed by atoms with E-state index in [1.807, 2.05) is 30.3 Å². The summed E-state index contributed by atoms with van der Waals surface area (Å²) in [5, 5.41) is 0. The first-order valence-electron chi connectivity index (χ1n) is 6.92. The van der Waals surface area contributed by atoms with Gasteiger partial charge in [-0.15, -0.1) is 0 Å². The minimum atomic E-state index is 0.454. The molecule has 0 saturated carbocycles. The summed E-state index contributed by atoms with van der Waals surface area (Å²) in [6.45, 7) is 0.966. The van der Waals surface area contributed by atoms with Crippen LogP contribution in [0.5, 0.6) is 11.5 Å². The Bertz CT molecular complexity index is 737. The molecule has 0 aliphatic rings. The zero-order valence-electron chi connectivity index (χ0n) is 12.5. The normalized spacial score (nSPS) is 10.8. The summed E-state index contributed by atoms with van der Waals surface area (Å²) >= 11 is 0. The van der Waals surface area contributed by atoms with Gasteiger partial charge in [-0.2, -0.15) is 0 Å². The van der Waals surface area contributed by atoms with Gasteiger partial charge in [0, 0.05) is 19.4 Å². The number of ether oxygens (including phenoxy) is 3. The monoisotopic (exact) mass is 299 g/mol. The zero-order valence-corrected chi connectivity index (χ0v) is 12.5. The van der Waals surface area contributed by atoms with E-state index in [4.69, 9.17) is 14.2 Å². The number of methoxy groups -OCH3 is 2. The van der Waals surface area contributed by atoms with Crippen molar-refractivity contribution >= 4 is 11.2 Å². The van der Waals surface area contributed by atoms with Crippen LogP contribution in [0.15, 0.2) is 36.5 Å². The summed E-state index contributed by atoms with van der Waals surface area (Å²) in [4.78, 5) is 12.0. The van der Waals surface area contributed by atoms with Crippen LogP contribution in [0.1, 0.15) is 0 Å². The molecule has 0 bridgehead atoms. The van der Waals surface area contributed by atoms with Gasteiger partial charge in [-0.1, -0.05) is 0 Å². The summed E-state index contributed by atoms with van der Waals surface area (Å²) in [6, 6.07) is 9.44. The minimum Gasteiger partial charge on any atom is -0.497 e. The minimum absolute atomic E-state index is 0.454. The molecule has 0 aliphatic carbocycles. The van der Waals surface area contributed by atoms with Crippen LogP contribution in [0.3, 0.4) is 0 Å². The first-order valence-corrected chi connectivity index (χ1v) is 6.92. The van der Waals surface area contributed by atoms with E-state index in [0.717, 1.165) is 16.8 Å². The van der Waals surface area contributed by atoms with Gasteiger partial charge in [0.25, 0.3) is 0 Å². The number of nitrogens with zero attached hydrogens (tertiary/aromatic N) is 2. The highest BCUT2D eigenvalue weighted by Gasteiger charge is 2.13. The van der Waals surface area contributed by atoms with E-state index in [0.29, 0.717) is 30.4 Å². The Morgan fingerprint density at radius 1 is 1.14 bits per heavy atom. The molecule has 0 fully saturated rings. The van der Waals surface area contributed by atoms with Gasteiger partial charge in [-0.3, -0.25) is 0 Å². The molecule has 1 N–H and O–H groups in total. The average Bonchev–Trinajstić information content (AvgIpc) is 2.98. The van der Waals surface area contributed by atoms with Gasteiger partial charge in [-0.05, 0) is 24.3 Å². The van der Waals surface area contributed by atoms with Crippen molar-refractivity contribution in [2.75, 3.05) is 27.4 Å². The molecule has 2 heterocycles.